The van der Waals surface area contributed by atoms with Gasteiger partial charge < -0.3 is 10.6 Å². The lowest BCUT2D eigenvalue weighted by atomic mass is 10.1. The highest BCUT2D eigenvalue weighted by molar-refractivity contribution is 5.97. The second-order valence-electron chi connectivity index (χ2n) is 5.76. The summed E-state index contributed by atoms with van der Waals surface area (Å²) in [4.78, 5) is 28.4. The van der Waals surface area contributed by atoms with E-state index in [2.05, 4.69) is 15.6 Å². The molecule has 124 valence electrons. The molecule has 2 amide bonds. The topological polar surface area (TPSA) is 71.1 Å². The van der Waals surface area contributed by atoms with Gasteiger partial charge >= 0.3 is 0 Å². The van der Waals surface area contributed by atoms with E-state index in [9.17, 15) is 14.0 Å². The van der Waals surface area contributed by atoms with Crippen LogP contribution >= 0.6 is 0 Å². The van der Waals surface area contributed by atoms with Crippen molar-refractivity contribution in [1.82, 2.24) is 15.6 Å². The fraction of sp³-hybridized carbons (Fsp3) is 0.278. The Morgan fingerprint density at radius 3 is 2.88 bits per heavy atom. The first kappa shape index (κ1) is 16.1. The molecule has 24 heavy (non-hydrogen) atoms. The maximum Gasteiger partial charge on any atom is 0.253 e. The Balaban J connectivity index is 1.70. The summed E-state index contributed by atoms with van der Waals surface area (Å²) in [7, 11) is 0. The molecule has 1 atom stereocenters. The highest BCUT2D eigenvalue weighted by atomic mass is 19.1. The van der Waals surface area contributed by atoms with E-state index in [1.807, 2.05) is 0 Å². The number of nitrogens with one attached hydrogen (secondary N) is 2. The highest BCUT2D eigenvalue weighted by Crippen LogP contribution is 2.18. The molecule has 1 unspecified atom stereocenters. The highest BCUT2D eigenvalue weighted by Gasteiger charge is 2.22. The molecular formula is C18H18FN3O2. The van der Waals surface area contributed by atoms with E-state index in [-0.39, 0.29) is 17.6 Å². The van der Waals surface area contributed by atoms with Crippen LogP contribution in [-0.2, 0) is 4.79 Å². The van der Waals surface area contributed by atoms with Crippen molar-refractivity contribution < 1.29 is 14.0 Å². The summed E-state index contributed by atoms with van der Waals surface area (Å²) < 4.78 is 13.3. The lowest BCUT2D eigenvalue weighted by molar-refractivity contribution is -0.122. The predicted octanol–water partition coefficient (Wildman–Crippen LogP) is 2.29. The minimum Gasteiger partial charge on any atom is -0.354 e. The number of benzene rings is 1. The van der Waals surface area contributed by atoms with Gasteiger partial charge in [-0.3, -0.25) is 14.6 Å². The number of rotatable bonds is 3. The minimum absolute atomic E-state index is 0.148. The van der Waals surface area contributed by atoms with Crippen molar-refractivity contribution in [1.29, 1.82) is 0 Å². The summed E-state index contributed by atoms with van der Waals surface area (Å²) in [5, 5.41) is 5.52. The van der Waals surface area contributed by atoms with Crippen LogP contribution in [0.4, 0.5) is 4.39 Å². The Hall–Kier alpha value is -2.76. The van der Waals surface area contributed by atoms with Crippen LogP contribution in [0.2, 0.25) is 0 Å². The fourth-order valence-electron chi connectivity index (χ4n) is 2.67. The minimum atomic E-state index is -0.511. The number of hydrogen-bond acceptors (Lipinski definition) is 3. The molecular weight excluding hydrogens is 309 g/mol. The molecule has 2 heterocycles. The summed E-state index contributed by atoms with van der Waals surface area (Å²) >= 11 is 0. The molecule has 0 spiro atoms. The number of carbonyl (C=O) groups is 2. The van der Waals surface area contributed by atoms with Crippen molar-refractivity contribution in [2.24, 2.45) is 0 Å². The second kappa shape index (κ2) is 7.21. The predicted molar refractivity (Wildman–Crippen MR) is 87.7 cm³/mol. The van der Waals surface area contributed by atoms with Gasteiger partial charge in [-0.05, 0) is 43.5 Å². The van der Waals surface area contributed by atoms with Crippen LogP contribution in [0, 0.1) is 5.82 Å². The maximum absolute atomic E-state index is 13.3. The van der Waals surface area contributed by atoms with E-state index in [4.69, 9.17) is 0 Å². The van der Waals surface area contributed by atoms with Gasteiger partial charge in [0.2, 0.25) is 5.91 Å². The van der Waals surface area contributed by atoms with E-state index >= 15 is 0 Å². The van der Waals surface area contributed by atoms with Gasteiger partial charge in [0, 0.05) is 18.3 Å². The largest absolute Gasteiger partial charge is 0.354 e. The van der Waals surface area contributed by atoms with Crippen LogP contribution in [0.1, 0.15) is 29.6 Å². The third-order valence-electron chi connectivity index (χ3n) is 3.99. The quantitative estimate of drug-likeness (QED) is 0.908. The molecule has 0 aliphatic carbocycles. The van der Waals surface area contributed by atoms with Crippen LogP contribution < -0.4 is 10.6 Å². The van der Waals surface area contributed by atoms with Crippen molar-refractivity contribution in [3.8, 4) is 11.3 Å². The van der Waals surface area contributed by atoms with Crippen LogP contribution in [0.3, 0.4) is 0 Å². The van der Waals surface area contributed by atoms with E-state index in [0.29, 0.717) is 29.8 Å². The molecule has 2 aromatic rings. The molecule has 1 saturated heterocycles. The van der Waals surface area contributed by atoms with Crippen LogP contribution in [0.5, 0.6) is 0 Å². The molecule has 0 bridgehead atoms. The van der Waals surface area contributed by atoms with E-state index in [1.54, 1.807) is 24.3 Å². The van der Waals surface area contributed by atoms with Gasteiger partial charge in [-0.2, -0.15) is 0 Å². The third kappa shape index (κ3) is 3.76. The summed E-state index contributed by atoms with van der Waals surface area (Å²) in [5.41, 5.74) is 1.59. The summed E-state index contributed by atoms with van der Waals surface area (Å²) in [6, 6.07) is 8.89. The lowest BCUT2D eigenvalue weighted by Gasteiger charge is -2.15. The van der Waals surface area contributed by atoms with Gasteiger partial charge in [-0.25, -0.2) is 4.39 Å². The number of nitrogens with zero attached hydrogens (tertiary/aromatic N) is 1. The molecule has 1 fully saturated rings. The first-order chi connectivity index (χ1) is 11.6. The Kier molecular flexibility index (Phi) is 4.84. The fourth-order valence-corrected chi connectivity index (χ4v) is 2.67. The lowest BCUT2D eigenvalue weighted by Crippen LogP contribution is -2.45. The monoisotopic (exact) mass is 327 g/mol. The third-order valence-corrected chi connectivity index (χ3v) is 3.99. The Morgan fingerprint density at radius 2 is 2.12 bits per heavy atom. The van der Waals surface area contributed by atoms with E-state index < -0.39 is 6.04 Å². The van der Waals surface area contributed by atoms with Gasteiger partial charge in [0.15, 0.2) is 0 Å². The number of carbonyl (C=O) groups excluding carboxylic acids is 2. The zero-order valence-corrected chi connectivity index (χ0v) is 13.1. The normalized spacial score (nSPS) is 17.7. The molecule has 0 radical (unpaired) electrons. The zero-order chi connectivity index (χ0) is 16.9. The first-order valence-corrected chi connectivity index (χ1v) is 7.94. The van der Waals surface area contributed by atoms with Gasteiger partial charge in [0.1, 0.15) is 11.9 Å². The molecule has 5 nitrogen and oxygen atoms in total. The second-order valence-corrected chi connectivity index (χ2v) is 5.76. The smallest absolute Gasteiger partial charge is 0.253 e. The molecule has 6 heteroatoms. The molecule has 3 rings (SSSR count). The van der Waals surface area contributed by atoms with Gasteiger partial charge in [-0.15, -0.1) is 0 Å². The Bertz CT molecular complexity index is 746. The number of aromatic nitrogens is 1. The van der Waals surface area contributed by atoms with Crippen LogP contribution in [0.25, 0.3) is 11.3 Å². The standard InChI is InChI=1S/C18H18FN3O2/c19-14-5-3-4-12(10-14)15-8-7-13(11-21-15)17(23)22-16-6-1-2-9-20-18(16)24/h3-5,7-8,10-11,16H,1-2,6,9H2,(H,20,24)(H,22,23). The van der Waals surface area contributed by atoms with Crippen LogP contribution in [0.15, 0.2) is 42.6 Å². The van der Waals surface area contributed by atoms with Gasteiger partial charge in [0.05, 0.1) is 11.3 Å². The summed E-state index contributed by atoms with van der Waals surface area (Å²) in [6.07, 6.45) is 3.87. The molecule has 2 N–H and O–H groups in total. The van der Waals surface area contributed by atoms with E-state index in [0.717, 1.165) is 12.8 Å². The van der Waals surface area contributed by atoms with Crippen LogP contribution in [-0.4, -0.2) is 29.4 Å². The van der Waals surface area contributed by atoms with Gasteiger partial charge in [-0.1, -0.05) is 12.1 Å². The first-order valence-electron chi connectivity index (χ1n) is 7.94. The molecule has 0 saturated carbocycles. The van der Waals surface area contributed by atoms with E-state index in [1.165, 1.54) is 18.3 Å². The Morgan fingerprint density at radius 1 is 1.25 bits per heavy atom. The summed E-state index contributed by atoms with van der Waals surface area (Å²) in [5.74, 6) is -0.823. The number of amides is 2. The van der Waals surface area contributed by atoms with Gasteiger partial charge in [0.25, 0.3) is 5.91 Å². The average molecular weight is 327 g/mol. The maximum atomic E-state index is 13.3. The number of hydrogen-bond donors (Lipinski definition) is 2. The van der Waals surface area contributed by atoms with Crippen molar-refractivity contribution in [2.75, 3.05) is 6.54 Å². The van der Waals surface area contributed by atoms with Crippen molar-refractivity contribution in [3.63, 3.8) is 0 Å². The van der Waals surface area contributed by atoms with Crippen molar-refractivity contribution >= 4 is 11.8 Å². The van der Waals surface area contributed by atoms with Crippen molar-refractivity contribution in [3.05, 3.63) is 54.0 Å². The SMILES string of the molecule is O=C(NC1CCCCNC1=O)c1ccc(-c2cccc(F)c2)nc1. The number of pyridine rings is 1. The Labute approximate surface area is 139 Å². The molecule has 1 aliphatic rings. The average Bonchev–Trinajstić information content (AvgIpc) is 2.80. The molecule has 1 aromatic carbocycles. The number of halogens is 1. The molecule has 1 aromatic heterocycles. The molecule has 1 aliphatic heterocycles. The van der Waals surface area contributed by atoms with Crippen molar-refractivity contribution in [2.45, 2.75) is 25.3 Å². The summed E-state index contributed by atoms with van der Waals surface area (Å²) in [6.45, 7) is 0.648. The zero-order valence-electron chi connectivity index (χ0n) is 13.1.